The van der Waals surface area contributed by atoms with Crippen LogP contribution >= 0.6 is 22.9 Å². The summed E-state index contributed by atoms with van der Waals surface area (Å²) in [6.45, 7) is 0. The van der Waals surface area contributed by atoms with E-state index in [0.29, 0.717) is 33.8 Å². The van der Waals surface area contributed by atoms with Gasteiger partial charge in [0.05, 0.1) is 10.6 Å². The fourth-order valence-electron chi connectivity index (χ4n) is 2.26. The van der Waals surface area contributed by atoms with Crippen molar-refractivity contribution in [3.8, 4) is 0 Å². The molecule has 2 aromatic rings. The summed E-state index contributed by atoms with van der Waals surface area (Å²) in [6, 6.07) is 2.43. The Kier molecular flexibility index (Phi) is 6.08. The molecule has 0 saturated carbocycles. The van der Waals surface area contributed by atoms with Crippen molar-refractivity contribution in [2.45, 2.75) is 22.2 Å². The van der Waals surface area contributed by atoms with Gasteiger partial charge in [-0.25, -0.2) is 8.42 Å². The van der Waals surface area contributed by atoms with Crippen molar-refractivity contribution < 1.29 is 44.8 Å². The number of nitrogens with zero attached hydrogens (tertiary/aromatic N) is 2. The second kappa shape index (κ2) is 7.55. The highest BCUT2D eigenvalue weighted by Gasteiger charge is 2.71. The summed E-state index contributed by atoms with van der Waals surface area (Å²) in [5.41, 5.74) is -7.81. The molecule has 0 atom stereocenters. The molecule has 0 spiro atoms. The van der Waals surface area contributed by atoms with E-state index in [1.165, 1.54) is 0 Å². The number of sulfonamides is 1. The van der Waals surface area contributed by atoms with Crippen molar-refractivity contribution in [2.24, 2.45) is 0 Å². The van der Waals surface area contributed by atoms with Gasteiger partial charge in [0.1, 0.15) is 4.21 Å². The van der Waals surface area contributed by atoms with Gasteiger partial charge >= 0.3 is 12.4 Å². The van der Waals surface area contributed by atoms with Gasteiger partial charge in [-0.1, -0.05) is 23.7 Å². The molecule has 16 heteroatoms. The number of alkyl halides is 6. The van der Waals surface area contributed by atoms with E-state index < -0.39 is 52.7 Å². The van der Waals surface area contributed by atoms with Crippen molar-refractivity contribution in [1.82, 2.24) is 0 Å². The molecule has 1 aromatic heterocycles. The number of nitro groups is 1. The Balaban J connectivity index is 2.47. The van der Waals surface area contributed by atoms with Crippen LogP contribution in [0.3, 0.4) is 0 Å². The Morgan fingerprint density at radius 2 is 1.57 bits per heavy atom. The monoisotopic (exact) mass is 498 g/mol. The Morgan fingerprint density at radius 3 is 1.93 bits per heavy atom. The summed E-state index contributed by atoms with van der Waals surface area (Å²) in [4.78, 5) is 9.88. The van der Waals surface area contributed by atoms with E-state index >= 15 is 0 Å². The lowest BCUT2D eigenvalue weighted by Crippen LogP contribution is -2.53. The molecule has 2 rings (SSSR count). The Morgan fingerprint density at radius 1 is 1.10 bits per heavy atom. The predicted molar refractivity (Wildman–Crippen MR) is 94.0 cm³/mol. The Labute approximate surface area is 173 Å². The molecule has 7 nitrogen and oxygen atoms in total. The van der Waals surface area contributed by atoms with Gasteiger partial charge in [-0.05, 0) is 12.1 Å². The van der Waals surface area contributed by atoms with Crippen LogP contribution in [-0.4, -0.2) is 37.8 Å². The van der Waals surface area contributed by atoms with E-state index in [2.05, 4.69) is 0 Å². The number of hydrogen-bond donors (Lipinski definition) is 1. The predicted octanol–water partition coefficient (Wildman–Crippen LogP) is 4.45. The minimum Gasteiger partial charge on any atom is -0.369 e. The number of anilines is 1. The highest BCUT2D eigenvalue weighted by Crippen LogP contribution is 2.50. The van der Waals surface area contributed by atoms with Crippen LogP contribution in [-0.2, 0) is 15.6 Å². The molecule has 0 bridgehead atoms. The largest absolute Gasteiger partial charge is 0.430 e. The zero-order valence-electron chi connectivity index (χ0n) is 14.3. The fraction of sp³-hybridized carbons (Fsp3) is 0.286. The summed E-state index contributed by atoms with van der Waals surface area (Å²) in [5, 5.41) is 20.2. The van der Waals surface area contributed by atoms with Gasteiger partial charge in [0, 0.05) is 18.7 Å². The fourth-order valence-corrected chi connectivity index (χ4v) is 5.30. The summed E-state index contributed by atoms with van der Waals surface area (Å²) >= 11 is 5.95. The number of benzene rings is 1. The second-order valence-electron chi connectivity index (χ2n) is 5.71. The van der Waals surface area contributed by atoms with Crippen molar-refractivity contribution in [1.29, 1.82) is 0 Å². The summed E-state index contributed by atoms with van der Waals surface area (Å²) in [7, 11) is -3.56. The van der Waals surface area contributed by atoms with Crippen LogP contribution in [0.4, 0.5) is 37.7 Å². The lowest BCUT2D eigenvalue weighted by molar-refractivity contribution is -0.384. The normalized spacial score (nSPS) is 13.4. The van der Waals surface area contributed by atoms with Gasteiger partial charge < -0.3 is 5.11 Å². The first kappa shape index (κ1) is 24.2. The smallest absolute Gasteiger partial charge is 0.369 e. The van der Waals surface area contributed by atoms with Crippen molar-refractivity contribution in [3.63, 3.8) is 0 Å². The van der Waals surface area contributed by atoms with Gasteiger partial charge in [0.2, 0.25) is 0 Å². The van der Waals surface area contributed by atoms with Crippen LogP contribution in [0.2, 0.25) is 4.34 Å². The molecule has 0 aliphatic rings. The van der Waals surface area contributed by atoms with Crippen LogP contribution in [0.1, 0.15) is 5.56 Å². The SMILES string of the molecule is CN(c1ccc(C(O)(C(F)(F)F)C(F)(F)F)cc1)S(=O)(=O)c1cc([N+](=O)[O-])c(Cl)s1. The molecule has 166 valence electrons. The highest BCUT2D eigenvalue weighted by molar-refractivity contribution is 7.94. The molecule has 0 radical (unpaired) electrons. The van der Waals surface area contributed by atoms with Gasteiger partial charge in [0.15, 0.2) is 4.34 Å². The number of hydrogen-bond acceptors (Lipinski definition) is 6. The van der Waals surface area contributed by atoms with Gasteiger partial charge in [-0.3, -0.25) is 14.4 Å². The second-order valence-corrected chi connectivity index (χ2v) is 9.56. The molecule has 0 aliphatic heterocycles. The first-order chi connectivity index (χ1) is 13.4. The number of aliphatic hydroxyl groups is 1. The van der Waals surface area contributed by atoms with E-state index in [9.17, 15) is 50.0 Å². The van der Waals surface area contributed by atoms with E-state index in [1.54, 1.807) is 0 Å². The summed E-state index contributed by atoms with van der Waals surface area (Å²) in [5.74, 6) is 0. The minimum atomic E-state index is -6.10. The molecule has 0 saturated heterocycles. The van der Waals surface area contributed by atoms with Crippen LogP contribution < -0.4 is 4.31 Å². The lowest BCUT2D eigenvalue weighted by atomic mass is 9.92. The van der Waals surface area contributed by atoms with Gasteiger partial charge in [0.25, 0.3) is 21.3 Å². The van der Waals surface area contributed by atoms with E-state index in [0.717, 1.165) is 7.05 Å². The average Bonchev–Trinajstić information content (AvgIpc) is 3.01. The molecule has 1 aromatic carbocycles. The van der Waals surface area contributed by atoms with E-state index in [1.807, 2.05) is 0 Å². The molecule has 30 heavy (non-hydrogen) atoms. The molecule has 0 fully saturated rings. The quantitative estimate of drug-likeness (QED) is 0.373. The molecule has 0 unspecified atom stereocenters. The van der Waals surface area contributed by atoms with Gasteiger partial charge in [-0.2, -0.15) is 26.3 Å². The number of halogens is 7. The maximum absolute atomic E-state index is 12.9. The van der Waals surface area contributed by atoms with Gasteiger partial charge in [-0.15, -0.1) is 11.3 Å². The van der Waals surface area contributed by atoms with Crippen LogP contribution in [0, 0.1) is 10.1 Å². The Bertz CT molecular complexity index is 1050. The maximum atomic E-state index is 12.9. The van der Waals surface area contributed by atoms with E-state index in [4.69, 9.17) is 11.6 Å². The first-order valence-corrected chi connectivity index (χ1v) is 9.97. The first-order valence-electron chi connectivity index (χ1n) is 7.33. The van der Waals surface area contributed by atoms with Crippen LogP contribution in [0.25, 0.3) is 0 Å². The zero-order valence-corrected chi connectivity index (χ0v) is 16.7. The zero-order chi connectivity index (χ0) is 23.3. The van der Waals surface area contributed by atoms with Crippen LogP contribution in [0.5, 0.6) is 0 Å². The molecular weight excluding hydrogens is 490 g/mol. The lowest BCUT2D eigenvalue weighted by Gasteiger charge is -2.32. The number of thiophene rings is 1. The summed E-state index contributed by atoms with van der Waals surface area (Å²) in [6.07, 6.45) is -12.2. The van der Waals surface area contributed by atoms with Crippen molar-refractivity contribution in [3.05, 3.63) is 50.3 Å². The third-order valence-electron chi connectivity index (χ3n) is 3.93. The standard InChI is InChI=1S/C14H9ClF6N2O5S2/c1-22(30(27,28)10-6-9(23(25)26)11(15)29-10)8-4-2-7(3-5-8)12(24,13(16,17)18)14(19,20)21/h2-6,24H,1H3. The van der Waals surface area contributed by atoms with Crippen molar-refractivity contribution >= 4 is 44.3 Å². The van der Waals surface area contributed by atoms with E-state index in [-0.39, 0.29) is 17.8 Å². The minimum absolute atomic E-state index is 0.270. The topological polar surface area (TPSA) is 101 Å². The third kappa shape index (κ3) is 3.93. The molecular formula is C14H9ClF6N2O5S2. The van der Waals surface area contributed by atoms with Crippen molar-refractivity contribution in [2.75, 3.05) is 11.4 Å². The average molecular weight is 499 g/mol. The molecule has 0 aliphatic carbocycles. The third-order valence-corrected chi connectivity index (χ3v) is 7.50. The highest BCUT2D eigenvalue weighted by atomic mass is 35.5. The maximum Gasteiger partial charge on any atom is 0.430 e. The number of rotatable bonds is 5. The molecule has 1 N–H and O–H groups in total. The summed E-state index contributed by atoms with van der Waals surface area (Å²) < 4.78 is 102. The Hall–Kier alpha value is -2.10. The molecule has 1 heterocycles. The van der Waals surface area contributed by atoms with Crippen LogP contribution in [0.15, 0.2) is 34.5 Å². The molecule has 0 amide bonds.